The van der Waals surface area contributed by atoms with E-state index in [0.29, 0.717) is 5.02 Å². The van der Waals surface area contributed by atoms with Crippen LogP contribution in [0.4, 0.5) is 0 Å². The van der Waals surface area contributed by atoms with Gasteiger partial charge in [-0.2, -0.15) is 0 Å². The van der Waals surface area contributed by atoms with Crippen molar-refractivity contribution in [3.63, 3.8) is 0 Å². The minimum absolute atomic E-state index is 0.709. The SMILES string of the molecule is C=CCc1nc2cc(Cl)ccc2n1CC=C. The predicted octanol–water partition coefficient (Wildman–Crippen LogP) is 3.60. The monoisotopic (exact) mass is 232 g/mol. The minimum Gasteiger partial charge on any atom is -0.324 e. The first-order chi connectivity index (χ1) is 7.76. The third-order valence-electron chi connectivity index (χ3n) is 2.43. The molecule has 0 unspecified atom stereocenters. The number of imidazole rings is 1. The molecule has 0 N–H and O–H groups in total. The quantitative estimate of drug-likeness (QED) is 0.737. The largest absolute Gasteiger partial charge is 0.324 e. The van der Waals surface area contributed by atoms with Crippen LogP contribution in [0.1, 0.15) is 5.82 Å². The lowest BCUT2D eigenvalue weighted by Gasteiger charge is -2.03. The summed E-state index contributed by atoms with van der Waals surface area (Å²) in [5, 5.41) is 0.709. The average Bonchev–Trinajstić information content (AvgIpc) is 2.57. The number of nitrogens with zero attached hydrogens (tertiary/aromatic N) is 2. The maximum atomic E-state index is 5.94. The highest BCUT2D eigenvalue weighted by molar-refractivity contribution is 6.31. The van der Waals surface area contributed by atoms with Crippen molar-refractivity contribution in [2.75, 3.05) is 0 Å². The first-order valence-electron chi connectivity index (χ1n) is 5.12. The number of hydrogen-bond donors (Lipinski definition) is 0. The first kappa shape index (κ1) is 11.0. The third-order valence-corrected chi connectivity index (χ3v) is 2.66. The molecule has 0 aliphatic heterocycles. The van der Waals surface area contributed by atoms with E-state index in [-0.39, 0.29) is 0 Å². The Balaban J connectivity index is 2.64. The molecule has 1 heterocycles. The molecule has 3 heteroatoms. The van der Waals surface area contributed by atoms with E-state index in [0.717, 1.165) is 29.8 Å². The number of fused-ring (bicyclic) bond motifs is 1. The zero-order valence-electron chi connectivity index (χ0n) is 8.99. The molecule has 0 aliphatic rings. The van der Waals surface area contributed by atoms with Gasteiger partial charge in [0.05, 0.1) is 11.0 Å². The third kappa shape index (κ3) is 1.89. The lowest BCUT2D eigenvalue weighted by Crippen LogP contribution is -2.00. The summed E-state index contributed by atoms with van der Waals surface area (Å²) in [7, 11) is 0. The summed E-state index contributed by atoms with van der Waals surface area (Å²) in [4.78, 5) is 4.54. The van der Waals surface area contributed by atoms with Crippen LogP contribution in [0.5, 0.6) is 0 Å². The summed E-state index contributed by atoms with van der Waals surface area (Å²) in [5.74, 6) is 0.993. The molecule has 0 atom stereocenters. The summed E-state index contributed by atoms with van der Waals surface area (Å²) in [6.07, 6.45) is 4.46. The Morgan fingerprint density at radius 1 is 1.31 bits per heavy atom. The Morgan fingerprint density at radius 3 is 2.81 bits per heavy atom. The second-order valence-corrected chi connectivity index (χ2v) is 3.99. The molecular weight excluding hydrogens is 220 g/mol. The zero-order valence-corrected chi connectivity index (χ0v) is 9.74. The summed E-state index contributed by atoms with van der Waals surface area (Å²) >= 11 is 5.94. The molecule has 82 valence electrons. The van der Waals surface area contributed by atoms with E-state index < -0.39 is 0 Å². The molecule has 0 bridgehead atoms. The molecule has 0 saturated heterocycles. The maximum Gasteiger partial charge on any atom is 0.113 e. The van der Waals surface area contributed by atoms with Crippen LogP contribution >= 0.6 is 11.6 Å². The molecule has 1 aromatic carbocycles. The average molecular weight is 233 g/mol. The normalized spacial score (nSPS) is 10.6. The molecule has 0 spiro atoms. The lowest BCUT2D eigenvalue weighted by atomic mass is 10.3. The highest BCUT2D eigenvalue weighted by Gasteiger charge is 2.08. The van der Waals surface area contributed by atoms with Gasteiger partial charge in [0.2, 0.25) is 0 Å². The van der Waals surface area contributed by atoms with Gasteiger partial charge in [-0.15, -0.1) is 13.2 Å². The van der Waals surface area contributed by atoms with E-state index in [1.807, 2.05) is 30.4 Å². The summed E-state index contributed by atoms with van der Waals surface area (Å²) in [6, 6.07) is 5.74. The topological polar surface area (TPSA) is 17.8 Å². The molecule has 2 rings (SSSR count). The second-order valence-electron chi connectivity index (χ2n) is 3.55. The highest BCUT2D eigenvalue weighted by atomic mass is 35.5. The van der Waals surface area contributed by atoms with Gasteiger partial charge in [0, 0.05) is 18.0 Å². The van der Waals surface area contributed by atoms with Gasteiger partial charge in [-0.3, -0.25) is 0 Å². The Kier molecular flexibility index (Phi) is 3.11. The van der Waals surface area contributed by atoms with Gasteiger partial charge in [0.25, 0.3) is 0 Å². The van der Waals surface area contributed by atoms with E-state index in [1.54, 1.807) is 0 Å². The van der Waals surface area contributed by atoms with Gasteiger partial charge in [-0.1, -0.05) is 23.8 Å². The van der Waals surface area contributed by atoms with E-state index in [9.17, 15) is 0 Å². The van der Waals surface area contributed by atoms with Crippen LogP contribution in [0.15, 0.2) is 43.5 Å². The molecule has 0 aliphatic carbocycles. The van der Waals surface area contributed by atoms with Crippen LogP contribution in [-0.2, 0) is 13.0 Å². The van der Waals surface area contributed by atoms with E-state index in [4.69, 9.17) is 11.6 Å². The number of rotatable bonds is 4. The fraction of sp³-hybridized carbons (Fsp3) is 0.154. The lowest BCUT2D eigenvalue weighted by molar-refractivity contribution is 0.787. The van der Waals surface area contributed by atoms with Gasteiger partial charge in [0.1, 0.15) is 5.82 Å². The minimum atomic E-state index is 0.709. The fourth-order valence-corrected chi connectivity index (χ4v) is 1.94. The van der Waals surface area contributed by atoms with Crippen LogP contribution in [0.3, 0.4) is 0 Å². The zero-order chi connectivity index (χ0) is 11.5. The van der Waals surface area contributed by atoms with Crippen molar-refractivity contribution in [1.82, 2.24) is 9.55 Å². The summed E-state index contributed by atoms with van der Waals surface area (Å²) in [6.45, 7) is 8.25. The Bertz CT molecular complexity index is 540. The van der Waals surface area contributed by atoms with Crippen LogP contribution in [0.25, 0.3) is 11.0 Å². The van der Waals surface area contributed by atoms with Gasteiger partial charge in [-0.05, 0) is 18.2 Å². The number of aromatic nitrogens is 2. The van der Waals surface area contributed by atoms with Crippen molar-refractivity contribution in [3.05, 3.63) is 54.4 Å². The van der Waals surface area contributed by atoms with E-state index in [2.05, 4.69) is 22.7 Å². The Hall–Kier alpha value is -1.54. The summed E-state index contributed by atoms with van der Waals surface area (Å²) in [5.41, 5.74) is 2.01. The Morgan fingerprint density at radius 2 is 2.12 bits per heavy atom. The number of hydrogen-bond acceptors (Lipinski definition) is 1. The number of allylic oxidation sites excluding steroid dienone is 2. The highest BCUT2D eigenvalue weighted by Crippen LogP contribution is 2.21. The van der Waals surface area contributed by atoms with Gasteiger partial charge in [0.15, 0.2) is 0 Å². The Labute approximate surface area is 99.9 Å². The van der Waals surface area contributed by atoms with Crippen molar-refractivity contribution in [2.45, 2.75) is 13.0 Å². The molecular formula is C13H13ClN2. The van der Waals surface area contributed by atoms with Crippen molar-refractivity contribution in [3.8, 4) is 0 Å². The van der Waals surface area contributed by atoms with Gasteiger partial charge in [-0.25, -0.2) is 4.98 Å². The van der Waals surface area contributed by atoms with Crippen molar-refractivity contribution >= 4 is 22.6 Å². The molecule has 16 heavy (non-hydrogen) atoms. The molecule has 2 aromatic rings. The molecule has 0 amide bonds. The van der Waals surface area contributed by atoms with Gasteiger partial charge >= 0.3 is 0 Å². The summed E-state index contributed by atoms with van der Waals surface area (Å²) < 4.78 is 2.13. The second kappa shape index (κ2) is 4.54. The molecule has 2 nitrogen and oxygen atoms in total. The fourth-order valence-electron chi connectivity index (χ4n) is 1.77. The van der Waals surface area contributed by atoms with Crippen LogP contribution in [-0.4, -0.2) is 9.55 Å². The maximum absolute atomic E-state index is 5.94. The number of halogens is 1. The van der Waals surface area contributed by atoms with E-state index >= 15 is 0 Å². The van der Waals surface area contributed by atoms with Crippen molar-refractivity contribution < 1.29 is 0 Å². The molecule has 0 radical (unpaired) electrons. The molecule has 0 saturated carbocycles. The smallest absolute Gasteiger partial charge is 0.113 e. The molecule has 0 fully saturated rings. The van der Waals surface area contributed by atoms with Crippen LogP contribution < -0.4 is 0 Å². The first-order valence-corrected chi connectivity index (χ1v) is 5.50. The van der Waals surface area contributed by atoms with E-state index in [1.165, 1.54) is 0 Å². The van der Waals surface area contributed by atoms with Crippen molar-refractivity contribution in [1.29, 1.82) is 0 Å². The van der Waals surface area contributed by atoms with Crippen LogP contribution in [0.2, 0.25) is 5.02 Å². The van der Waals surface area contributed by atoms with Crippen molar-refractivity contribution in [2.24, 2.45) is 0 Å². The predicted molar refractivity (Wildman–Crippen MR) is 68.8 cm³/mol. The van der Waals surface area contributed by atoms with Gasteiger partial charge < -0.3 is 4.57 Å². The van der Waals surface area contributed by atoms with Crippen LogP contribution in [0, 0.1) is 0 Å². The standard InChI is InChI=1S/C13H13ClN2/c1-3-5-13-15-11-9-10(14)6-7-12(11)16(13)8-4-2/h3-4,6-7,9H,1-2,5,8H2. The number of benzene rings is 1. The molecule has 1 aromatic heterocycles.